The van der Waals surface area contributed by atoms with E-state index in [-0.39, 0.29) is 18.1 Å². The summed E-state index contributed by atoms with van der Waals surface area (Å²) in [4.78, 5) is 18.6. The third-order valence-electron chi connectivity index (χ3n) is 4.24. The van der Waals surface area contributed by atoms with Crippen molar-refractivity contribution in [1.82, 2.24) is 25.4 Å². The Hall–Kier alpha value is -1.51. The lowest BCUT2D eigenvalue weighted by Gasteiger charge is -2.31. The molecule has 23 heavy (non-hydrogen) atoms. The number of aromatic amines is 1. The van der Waals surface area contributed by atoms with Crippen molar-refractivity contribution in [3.8, 4) is 0 Å². The fourth-order valence-corrected chi connectivity index (χ4v) is 2.91. The molecular formula is C15H25N5O3. The summed E-state index contributed by atoms with van der Waals surface area (Å²) in [5.74, 6) is 1.56. The lowest BCUT2D eigenvalue weighted by Crippen LogP contribution is -2.45. The molecule has 0 aliphatic carbocycles. The van der Waals surface area contributed by atoms with Crippen molar-refractivity contribution in [1.29, 1.82) is 0 Å². The van der Waals surface area contributed by atoms with Crippen LogP contribution in [0.2, 0.25) is 0 Å². The molecule has 2 atom stereocenters. The molecule has 2 saturated heterocycles. The second-order valence-corrected chi connectivity index (χ2v) is 6.03. The number of ether oxygens (including phenoxy) is 2. The minimum Gasteiger partial charge on any atom is -0.376 e. The van der Waals surface area contributed by atoms with Crippen LogP contribution in [0.25, 0.3) is 0 Å². The maximum Gasteiger partial charge on any atom is 0.234 e. The van der Waals surface area contributed by atoms with Gasteiger partial charge in [0.05, 0.1) is 19.3 Å². The second-order valence-electron chi connectivity index (χ2n) is 6.03. The molecule has 2 fully saturated rings. The summed E-state index contributed by atoms with van der Waals surface area (Å²) in [5.41, 5.74) is 0. The predicted octanol–water partition coefficient (Wildman–Crippen LogP) is 0.0356. The molecule has 3 rings (SSSR count). The molecule has 1 amide bonds. The summed E-state index contributed by atoms with van der Waals surface area (Å²) >= 11 is 0. The average Bonchev–Trinajstić information content (AvgIpc) is 3.24. The van der Waals surface area contributed by atoms with E-state index in [1.165, 1.54) is 0 Å². The van der Waals surface area contributed by atoms with Gasteiger partial charge in [-0.05, 0) is 12.8 Å². The van der Waals surface area contributed by atoms with Gasteiger partial charge in [-0.25, -0.2) is 4.98 Å². The van der Waals surface area contributed by atoms with E-state index in [9.17, 15) is 4.79 Å². The first kappa shape index (κ1) is 16.4. The Morgan fingerprint density at radius 3 is 3.09 bits per heavy atom. The van der Waals surface area contributed by atoms with Gasteiger partial charge >= 0.3 is 0 Å². The zero-order valence-electron chi connectivity index (χ0n) is 13.6. The Morgan fingerprint density at radius 1 is 1.43 bits per heavy atom. The number of carbonyl (C=O) groups is 1. The standard InChI is InChI=1S/C15H25N5O3/c1-2-13-17-15(19-18-13)12-9-20(5-7-23-12)10-14(21)16-8-11-4-3-6-22-11/h11-12H,2-10H2,1H3,(H,16,21)(H,17,18,19). The van der Waals surface area contributed by atoms with Crippen LogP contribution in [-0.4, -0.2) is 71.5 Å². The maximum absolute atomic E-state index is 12.1. The van der Waals surface area contributed by atoms with Crippen LogP contribution in [0.4, 0.5) is 0 Å². The number of amides is 1. The third kappa shape index (κ3) is 4.49. The van der Waals surface area contributed by atoms with Gasteiger partial charge < -0.3 is 14.8 Å². The molecule has 8 nitrogen and oxygen atoms in total. The Kier molecular flexibility index (Phi) is 5.58. The Labute approximate surface area is 135 Å². The molecule has 3 heterocycles. The predicted molar refractivity (Wildman–Crippen MR) is 82.9 cm³/mol. The van der Waals surface area contributed by atoms with Crippen molar-refractivity contribution >= 4 is 5.91 Å². The van der Waals surface area contributed by atoms with Crippen LogP contribution >= 0.6 is 0 Å². The van der Waals surface area contributed by atoms with E-state index in [0.717, 1.165) is 38.2 Å². The molecule has 0 aromatic carbocycles. The number of nitrogens with one attached hydrogen (secondary N) is 2. The molecule has 2 aliphatic heterocycles. The van der Waals surface area contributed by atoms with Gasteiger partial charge in [0.15, 0.2) is 5.82 Å². The van der Waals surface area contributed by atoms with Gasteiger partial charge in [0, 0.05) is 32.7 Å². The highest BCUT2D eigenvalue weighted by atomic mass is 16.5. The first-order valence-corrected chi connectivity index (χ1v) is 8.38. The minimum absolute atomic E-state index is 0.0328. The highest BCUT2D eigenvalue weighted by Crippen LogP contribution is 2.19. The van der Waals surface area contributed by atoms with Crippen molar-refractivity contribution in [2.45, 2.75) is 38.4 Å². The van der Waals surface area contributed by atoms with Crippen LogP contribution in [-0.2, 0) is 20.7 Å². The number of aryl methyl sites for hydroxylation is 1. The molecule has 1 aromatic heterocycles. The highest BCUT2D eigenvalue weighted by Gasteiger charge is 2.26. The fourth-order valence-electron chi connectivity index (χ4n) is 2.91. The summed E-state index contributed by atoms with van der Waals surface area (Å²) in [6, 6.07) is 0. The van der Waals surface area contributed by atoms with Crippen LogP contribution in [0, 0.1) is 0 Å². The second kappa shape index (κ2) is 7.85. The Balaban J connectivity index is 1.45. The van der Waals surface area contributed by atoms with Gasteiger partial charge in [-0.15, -0.1) is 0 Å². The number of H-pyrrole nitrogens is 1. The zero-order valence-corrected chi connectivity index (χ0v) is 13.6. The number of rotatable bonds is 6. The molecule has 0 spiro atoms. The summed E-state index contributed by atoms with van der Waals surface area (Å²) in [6.07, 6.45) is 2.94. The fraction of sp³-hybridized carbons (Fsp3) is 0.800. The first-order chi connectivity index (χ1) is 11.2. The van der Waals surface area contributed by atoms with E-state index in [1.54, 1.807) is 0 Å². The molecule has 128 valence electrons. The van der Waals surface area contributed by atoms with Gasteiger partial charge in [-0.2, -0.15) is 5.10 Å². The smallest absolute Gasteiger partial charge is 0.234 e. The largest absolute Gasteiger partial charge is 0.376 e. The van der Waals surface area contributed by atoms with Crippen LogP contribution in [0.5, 0.6) is 0 Å². The normalized spacial score (nSPS) is 25.6. The van der Waals surface area contributed by atoms with Crippen molar-refractivity contribution in [2.75, 3.05) is 39.4 Å². The summed E-state index contributed by atoms with van der Waals surface area (Å²) < 4.78 is 11.2. The number of carbonyl (C=O) groups excluding carboxylic acids is 1. The molecule has 2 unspecified atom stereocenters. The zero-order chi connectivity index (χ0) is 16.1. The van der Waals surface area contributed by atoms with Crippen LogP contribution in [0.3, 0.4) is 0 Å². The summed E-state index contributed by atoms with van der Waals surface area (Å²) in [7, 11) is 0. The van der Waals surface area contributed by atoms with Crippen molar-refractivity contribution in [3.05, 3.63) is 11.6 Å². The van der Waals surface area contributed by atoms with E-state index in [1.807, 2.05) is 6.92 Å². The van der Waals surface area contributed by atoms with E-state index in [0.29, 0.717) is 32.1 Å². The molecule has 8 heteroatoms. The van der Waals surface area contributed by atoms with Gasteiger partial charge in [-0.1, -0.05) is 6.92 Å². The van der Waals surface area contributed by atoms with Gasteiger partial charge in [0.2, 0.25) is 5.91 Å². The number of morpholine rings is 1. The number of nitrogens with zero attached hydrogens (tertiary/aromatic N) is 3. The molecule has 2 N–H and O–H groups in total. The highest BCUT2D eigenvalue weighted by molar-refractivity contribution is 5.78. The maximum atomic E-state index is 12.1. The van der Waals surface area contributed by atoms with E-state index in [4.69, 9.17) is 9.47 Å². The average molecular weight is 323 g/mol. The quantitative estimate of drug-likeness (QED) is 0.768. The number of hydrogen-bond acceptors (Lipinski definition) is 6. The molecule has 0 bridgehead atoms. The van der Waals surface area contributed by atoms with E-state index < -0.39 is 0 Å². The van der Waals surface area contributed by atoms with Crippen molar-refractivity contribution < 1.29 is 14.3 Å². The first-order valence-electron chi connectivity index (χ1n) is 8.38. The number of aromatic nitrogens is 3. The van der Waals surface area contributed by atoms with E-state index in [2.05, 4.69) is 25.4 Å². The molecule has 2 aliphatic rings. The summed E-state index contributed by atoms with van der Waals surface area (Å²) in [6.45, 7) is 5.77. The number of hydrogen-bond donors (Lipinski definition) is 2. The lowest BCUT2D eigenvalue weighted by atomic mass is 10.2. The third-order valence-corrected chi connectivity index (χ3v) is 4.24. The van der Waals surface area contributed by atoms with E-state index >= 15 is 0 Å². The molecule has 0 saturated carbocycles. The monoisotopic (exact) mass is 323 g/mol. The minimum atomic E-state index is -0.175. The van der Waals surface area contributed by atoms with Gasteiger partial charge in [0.1, 0.15) is 11.9 Å². The molecular weight excluding hydrogens is 298 g/mol. The Morgan fingerprint density at radius 2 is 2.35 bits per heavy atom. The molecule has 1 aromatic rings. The SMILES string of the molecule is CCc1nc(C2CN(CC(=O)NCC3CCCO3)CCO2)n[nH]1. The van der Waals surface area contributed by atoms with Crippen LogP contribution in [0.15, 0.2) is 0 Å². The summed E-state index contributed by atoms with van der Waals surface area (Å²) in [5, 5.41) is 10.1. The molecule has 0 radical (unpaired) electrons. The van der Waals surface area contributed by atoms with Gasteiger partial charge in [0.25, 0.3) is 0 Å². The van der Waals surface area contributed by atoms with Crippen molar-refractivity contribution in [2.24, 2.45) is 0 Å². The van der Waals surface area contributed by atoms with Crippen molar-refractivity contribution in [3.63, 3.8) is 0 Å². The van der Waals surface area contributed by atoms with Gasteiger partial charge in [-0.3, -0.25) is 14.8 Å². The lowest BCUT2D eigenvalue weighted by molar-refractivity contribution is -0.125. The topological polar surface area (TPSA) is 92.4 Å². The van der Waals surface area contributed by atoms with Crippen LogP contribution in [0.1, 0.15) is 37.5 Å². The van der Waals surface area contributed by atoms with Crippen LogP contribution < -0.4 is 5.32 Å². The Bertz CT molecular complexity index is 515.